The van der Waals surface area contributed by atoms with Crippen molar-refractivity contribution in [2.45, 2.75) is 49.1 Å². The highest BCUT2D eigenvalue weighted by atomic mass is 31.3. The number of aliphatic hydroxyl groups is 3. The Morgan fingerprint density at radius 1 is 0.938 bits per heavy atom. The van der Waals surface area contributed by atoms with Gasteiger partial charge in [-0.1, -0.05) is 12.2 Å². The van der Waals surface area contributed by atoms with Crippen LogP contribution in [0.4, 0.5) is 5.82 Å². The number of nitrogens with zero attached hydrogens (tertiary/aromatic N) is 5. The van der Waals surface area contributed by atoms with Gasteiger partial charge in [0.15, 0.2) is 23.9 Å². The molecular weight excluding hydrogens is 715 g/mol. The van der Waals surface area contributed by atoms with Crippen LogP contribution in [-0.4, -0.2) is 128 Å². The van der Waals surface area contributed by atoms with Crippen molar-refractivity contribution in [1.82, 2.24) is 24.4 Å². The first-order valence-electron chi connectivity index (χ1n) is 13.5. The van der Waals surface area contributed by atoms with E-state index in [4.69, 9.17) is 30.0 Å². The van der Waals surface area contributed by atoms with E-state index in [-0.39, 0.29) is 29.1 Å². The Hall–Kier alpha value is -2.73. The summed E-state index contributed by atoms with van der Waals surface area (Å²) in [5, 5.41) is 31.6. The van der Waals surface area contributed by atoms with E-state index < -0.39 is 91.7 Å². The fourth-order valence-electron chi connectivity index (χ4n) is 4.96. The zero-order chi connectivity index (χ0) is 35.2. The maximum atomic E-state index is 12.6. The van der Waals surface area contributed by atoms with Crippen molar-refractivity contribution in [2.24, 2.45) is 5.73 Å². The molecule has 5 heterocycles. The topological polar surface area (TPSA) is 364 Å². The van der Waals surface area contributed by atoms with E-state index in [0.29, 0.717) is 0 Å². The van der Waals surface area contributed by atoms with E-state index in [1.165, 1.54) is 23.3 Å². The minimum absolute atomic E-state index is 0.00459. The number of imidazole rings is 1. The predicted octanol–water partition coefficient (Wildman–Crippen LogP) is -2.92. The second-order valence-electron chi connectivity index (χ2n) is 10.4. The number of rotatable bonds is 13. The second kappa shape index (κ2) is 13.9. The number of hydrogen-bond donors (Lipinski definition) is 9. The van der Waals surface area contributed by atoms with Gasteiger partial charge in [-0.2, -0.15) is 4.31 Å². The Balaban J connectivity index is 1.20. The van der Waals surface area contributed by atoms with E-state index in [1.54, 1.807) is 0 Å². The number of hydrogen-bond acceptors (Lipinski definition) is 18. The summed E-state index contributed by atoms with van der Waals surface area (Å²) in [6.45, 7) is -1.88. The van der Waals surface area contributed by atoms with Crippen LogP contribution in [0.15, 0.2) is 36.6 Å². The molecule has 2 fully saturated rings. The molecule has 0 radical (unpaired) electrons. The van der Waals surface area contributed by atoms with Crippen LogP contribution in [0.5, 0.6) is 0 Å². The van der Waals surface area contributed by atoms with Gasteiger partial charge in [-0.15, -0.1) is 0 Å². The Labute approximate surface area is 268 Å². The lowest BCUT2D eigenvalue weighted by atomic mass is 10.1. The fraction of sp³-hybridized carbons (Fsp3) is 0.524. The monoisotopic (exact) mass is 745 g/mol. The minimum Gasteiger partial charge on any atom is -0.387 e. The van der Waals surface area contributed by atoms with Crippen LogP contribution in [0.3, 0.4) is 0 Å². The summed E-state index contributed by atoms with van der Waals surface area (Å²) < 4.78 is 67.2. The molecule has 11 N–H and O–H groups in total. The molecule has 0 saturated carbocycles. The molecule has 5 rings (SSSR count). The number of nitrogen functional groups attached to an aromatic ring is 1. The van der Waals surface area contributed by atoms with Gasteiger partial charge < -0.3 is 60.7 Å². The number of fused-ring (bicyclic) bond motifs is 1. The van der Waals surface area contributed by atoms with Crippen molar-refractivity contribution in [3.8, 4) is 0 Å². The molecule has 266 valence electrons. The molecule has 2 aromatic rings. The Morgan fingerprint density at radius 3 is 2.19 bits per heavy atom. The summed E-state index contributed by atoms with van der Waals surface area (Å²) >= 11 is 0. The van der Waals surface area contributed by atoms with Crippen molar-refractivity contribution in [3.63, 3.8) is 0 Å². The number of carbonyl (C=O) groups excluding carboxylic acids is 1. The van der Waals surface area contributed by atoms with Crippen LogP contribution in [0.1, 0.15) is 6.23 Å². The zero-order valence-electron chi connectivity index (χ0n) is 24.1. The summed E-state index contributed by atoms with van der Waals surface area (Å²) in [4.78, 5) is 63.5. The van der Waals surface area contributed by atoms with Crippen LogP contribution in [0.2, 0.25) is 0 Å². The molecule has 3 aliphatic heterocycles. The molecular formula is C21H30N7O17P3. The van der Waals surface area contributed by atoms with Gasteiger partial charge in [-0.05, 0) is 0 Å². The molecule has 10 unspecified atom stereocenters. The molecule has 24 nitrogen and oxygen atoms in total. The third kappa shape index (κ3) is 8.17. The van der Waals surface area contributed by atoms with Crippen LogP contribution in [0, 0.1) is 0 Å². The third-order valence-corrected chi connectivity index (χ3v) is 10.2. The van der Waals surface area contributed by atoms with Gasteiger partial charge in [0.25, 0.3) is 0 Å². The van der Waals surface area contributed by atoms with Gasteiger partial charge in [-0.25, -0.2) is 28.6 Å². The minimum atomic E-state index is -5.52. The van der Waals surface area contributed by atoms with Crippen molar-refractivity contribution in [3.05, 3.63) is 36.6 Å². The fourth-order valence-corrected chi connectivity index (χ4v) is 7.60. The predicted molar refractivity (Wildman–Crippen MR) is 153 cm³/mol. The number of aliphatic hydroxyl groups excluding tert-OH is 3. The highest BCUT2D eigenvalue weighted by molar-refractivity contribution is 7.61. The number of nitrogens with two attached hydrogens (primary N) is 2. The van der Waals surface area contributed by atoms with Gasteiger partial charge in [0.1, 0.15) is 48.5 Å². The average molecular weight is 745 g/mol. The molecule has 0 bridgehead atoms. The summed E-state index contributed by atoms with van der Waals surface area (Å²) in [5.74, 6) is -0.826. The number of phosphoric acid groups is 3. The summed E-state index contributed by atoms with van der Waals surface area (Å²) in [6, 6.07) is 0. The quantitative estimate of drug-likeness (QED) is 0.0927. The molecule has 27 heteroatoms. The normalized spacial score (nSPS) is 31.9. The Bertz CT molecular complexity index is 1740. The largest absolute Gasteiger partial charge is 0.481 e. The number of carbonyl (C=O) groups is 1. The van der Waals surface area contributed by atoms with Crippen molar-refractivity contribution in [1.29, 1.82) is 0 Å². The van der Waals surface area contributed by atoms with Crippen molar-refractivity contribution < 1.29 is 80.7 Å². The SMILES string of the molecule is NC(=O)C1=CN(C2OC(COP(=O)(O)OP(=O)(O)OCC3OC(n4cnc5c(N)ncnc54)C(OP(=O)(O)O)C3O)C(O)C2O)CC=C1. The third-order valence-electron chi connectivity index (χ3n) is 7.11. The summed E-state index contributed by atoms with van der Waals surface area (Å²) in [6.07, 6.45) is -6.60. The van der Waals surface area contributed by atoms with Gasteiger partial charge in [0.2, 0.25) is 5.91 Å². The molecule has 48 heavy (non-hydrogen) atoms. The molecule has 3 aliphatic rings. The summed E-state index contributed by atoms with van der Waals surface area (Å²) in [5.41, 5.74) is 11.2. The Kier molecular flexibility index (Phi) is 10.6. The van der Waals surface area contributed by atoms with E-state index >= 15 is 0 Å². The number of anilines is 1. The van der Waals surface area contributed by atoms with Crippen LogP contribution >= 0.6 is 23.5 Å². The standard InChI is InChI=1S/C21H30N7O17P3/c22-17-12-19(25-7-24-17)28(8-26-12)21-16(44-46(33,34)35)14(30)11(43-21)6-41-48(38,39)45-47(36,37)40-5-10-13(29)15(31)20(42-10)27-3-1-2-9(4-27)18(23)32/h1-2,4,7-8,10-11,13-16,20-21,29-31H,3,5-6H2,(H2,23,32)(H,36,37)(H,38,39)(H2,22,24,25)(H2,33,34,35). The second-order valence-corrected chi connectivity index (χ2v) is 14.6. The maximum absolute atomic E-state index is 12.6. The molecule has 0 spiro atoms. The first-order chi connectivity index (χ1) is 22.4. The molecule has 0 aliphatic carbocycles. The van der Waals surface area contributed by atoms with E-state index in [2.05, 4.69) is 23.8 Å². The smallest absolute Gasteiger partial charge is 0.387 e. The lowest BCUT2D eigenvalue weighted by molar-refractivity contribution is -0.114. The van der Waals surface area contributed by atoms with E-state index in [9.17, 15) is 53.4 Å². The highest BCUT2D eigenvalue weighted by Crippen LogP contribution is 2.61. The Morgan fingerprint density at radius 2 is 1.56 bits per heavy atom. The zero-order valence-corrected chi connectivity index (χ0v) is 26.8. The lowest BCUT2D eigenvalue weighted by Gasteiger charge is -2.30. The van der Waals surface area contributed by atoms with Gasteiger partial charge in [0, 0.05) is 12.7 Å². The molecule has 0 aromatic carbocycles. The molecule has 1 amide bonds. The number of ether oxygens (including phenoxy) is 2. The number of primary amides is 1. The van der Waals surface area contributed by atoms with Gasteiger partial charge >= 0.3 is 23.5 Å². The lowest BCUT2D eigenvalue weighted by Crippen LogP contribution is -2.42. The number of phosphoric ester groups is 3. The van der Waals surface area contributed by atoms with E-state index in [1.807, 2.05) is 0 Å². The van der Waals surface area contributed by atoms with E-state index in [0.717, 1.165) is 17.2 Å². The molecule has 10 atom stereocenters. The number of amides is 1. The van der Waals surface area contributed by atoms with Crippen LogP contribution in [-0.2, 0) is 45.8 Å². The van der Waals surface area contributed by atoms with Gasteiger partial charge in [0.05, 0.1) is 25.1 Å². The van der Waals surface area contributed by atoms with Crippen LogP contribution in [0.25, 0.3) is 11.2 Å². The maximum Gasteiger partial charge on any atom is 0.481 e. The summed E-state index contributed by atoms with van der Waals surface area (Å²) in [7, 11) is -16.3. The number of aromatic nitrogens is 4. The highest BCUT2D eigenvalue weighted by Gasteiger charge is 2.51. The molecule has 2 aromatic heterocycles. The van der Waals surface area contributed by atoms with Crippen molar-refractivity contribution >= 4 is 46.4 Å². The average Bonchev–Trinajstić information content (AvgIpc) is 3.64. The first kappa shape index (κ1) is 36.5. The molecule has 2 saturated heterocycles. The van der Waals surface area contributed by atoms with Crippen LogP contribution < -0.4 is 11.5 Å². The van der Waals surface area contributed by atoms with Gasteiger partial charge in [-0.3, -0.25) is 22.9 Å². The van der Waals surface area contributed by atoms with Crippen molar-refractivity contribution in [2.75, 3.05) is 25.5 Å². The first-order valence-corrected chi connectivity index (χ1v) is 18.0.